The van der Waals surface area contributed by atoms with E-state index < -0.39 is 5.09 Å². The van der Waals surface area contributed by atoms with Gasteiger partial charge in [0.25, 0.3) is 0 Å². The van der Waals surface area contributed by atoms with Gasteiger partial charge in [-0.2, -0.15) is 13.2 Å². The van der Waals surface area contributed by atoms with Gasteiger partial charge in [-0.1, -0.05) is 13.8 Å². The van der Waals surface area contributed by atoms with Gasteiger partial charge in [-0.3, -0.25) is 0 Å². The predicted octanol–water partition coefficient (Wildman–Crippen LogP) is 3.72. The van der Waals surface area contributed by atoms with E-state index in [0.717, 1.165) is 26.1 Å². The molecule has 12 heavy (non-hydrogen) atoms. The van der Waals surface area contributed by atoms with E-state index in [2.05, 4.69) is 13.8 Å². The van der Waals surface area contributed by atoms with E-state index in [1.807, 2.05) is 0 Å². The molecule has 0 spiro atoms. The molecule has 0 radical (unpaired) electrons. The van der Waals surface area contributed by atoms with Gasteiger partial charge >= 0.3 is 5.09 Å². The zero-order chi connectivity index (χ0) is 10.0. The maximum absolute atomic E-state index is 10.3. The molecule has 0 N–H and O–H groups in total. The first kappa shape index (κ1) is 14.7. The van der Waals surface area contributed by atoms with Crippen molar-refractivity contribution in [2.24, 2.45) is 0 Å². The Labute approximate surface area is 79.4 Å². The smallest absolute Gasteiger partial charge is 0.381 e. The summed E-state index contributed by atoms with van der Waals surface area (Å²) in [6.07, 6.45) is 2.28. The second-order valence-corrected chi connectivity index (χ2v) is 2.94. The topological polar surface area (TPSA) is 9.23 Å². The molecule has 5 heteroatoms. The predicted molar refractivity (Wildman–Crippen MR) is 46.4 cm³/mol. The molecule has 0 unspecified atom stereocenters. The molecule has 0 aliphatic rings. The Hall–Kier alpha value is 0.230. The van der Waals surface area contributed by atoms with E-state index in [9.17, 15) is 13.2 Å². The van der Waals surface area contributed by atoms with Gasteiger partial charge in [0.15, 0.2) is 0 Å². The second kappa shape index (κ2) is 9.32. The summed E-state index contributed by atoms with van der Waals surface area (Å²) in [5.41, 5.74) is 0. The molecule has 0 atom stereocenters. The third-order valence-electron chi connectivity index (χ3n) is 0.697. The molecular formula is C7H14BrF3O. The zero-order valence-electron chi connectivity index (χ0n) is 7.25. The number of hydrogen-bond donors (Lipinski definition) is 0. The quantitative estimate of drug-likeness (QED) is 0.546. The minimum Gasteiger partial charge on any atom is -0.381 e. The molecule has 1 nitrogen and oxygen atoms in total. The molecule has 0 rings (SSSR count). The van der Waals surface area contributed by atoms with Gasteiger partial charge in [0.1, 0.15) is 0 Å². The fraction of sp³-hybridized carbons (Fsp3) is 1.00. The van der Waals surface area contributed by atoms with Crippen molar-refractivity contribution in [1.29, 1.82) is 0 Å². The van der Waals surface area contributed by atoms with E-state index in [0.29, 0.717) is 0 Å². The van der Waals surface area contributed by atoms with Crippen molar-refractivity contribution in [3.8, 4) is 0 Å². The van der Waals surface area contributed by atoms with Crippen molar-refractivity contribution in [3.05, 3.63) is 0 Å². The molecule has 0 aromatic rings. The molecule has 0 saturated carbocycles. The van der Waals surface area contributed by atoms with Crippen LogP contribution < -0.4 is 0 Å². The van der Waals surface area contributed by atoms with Gasteiger partial charge in [0.2, 0.25) is 0 Å². The summed E-state index contributed by atoms with van der Waals surface area (Å²) in [6.45, 7) is 6.09. The van der Waals surface area contributed by atoms with E-state index in [1.54, 1.807) is 0 Å². The van der Waals surface area contributed by atoms with Crippen LogP contribution in [0.5, 0.6) is 0 Å². The van der Waals surface area contributed by atoms with Crippen molar-refractivity contribution >= 4 is 15.9 Å². The first-order valence-corrected chi connectivity index (χ1v) is 4.54. The summed E-state index contributed by atoms with van der Waals surface area (Å²) in [7, 11) is 0. The van der Waals surface area contributed by atoms with E-state index in [4.69, 9.17) is 4.74 Å². The Morgan fingerprint density at radius 1 is 1.08 bits per heavy atom. The molecule has 0 saturated heterocycles. The molecule has 0 amide bonds. The second-order valence-electron chi connectivity index (χ2n) is 2.04. The molecule has 0 aromatic heterocycles. The van der Waals surface area contributed by atoms with Gasteiger partial charge < -0.3 is 4.74 Å². The Morgan fingerprint density at radius 2 is 1.33 bits per heavy atom. The van der Waals surface area contributed by atoms with Gasteiger partial charge in [0, 0.05) is 29.1 Å². The fourth-order valence-corrected chi connectivity index (χ4v) is 0.391. The number of ether oxygens (including phenoxy) is 1. The fourth-order valence-electron chi connectivity index (χ4n) is 0.391. The summed E-state index contributed by atoms with van der Waals surface area (Å²) in [5.74, 6) is 0. The van der Waals surface area contributed by atoms with Crippen LogP contribution in [0.2, 0.25) is 0 Å². The molecule has 76 valence electrons. The van der Waals surface area contributed by atoms with E-state index in [-0.39, 0.29) is 0 Å². The van der Waals surface area contributed by atoms with Gasteiger partial charge in [-0.05, 0) is 12.8 Å². The summed E-state index contributed by atoms with van der Waals surface area (Å²) in [6, 6.07) is 0. The van der Waals surface area contributed by atoms with Crippen molar-refractivity contribution in [2.45, 2.75) is 31.8 Å². The Bertz CT molecular complexity index is 75.2. The molecule has 0 aromatic carbocycles. The Balaban J connectivity index is 0. The summed E-state index contributed by atoms with van der Waals surface area (Å²) in [4.78, 5) is 0. The van der Waals surface area contributed by atoms with Crippen molar-refractivity contribution in [1.82, 2.24) is 0 Å². The summed E-state index contributed by atoms with van der Waals surface area (Å²) < 4.78 is 35.9. The lowest BCUT2D eigenvalue weighted by Gasteiger charge is -1.95. The van der Waals surface area contributed by atoms with Crippen LogP contribution in [-0.4, -0.2) is 18.3 Å². The van der Waals surface area contributed by atoms with Crippen LogP contribution in [0.25, 0.3) is 0 Å². The van der Waals surface area contributed by atoms with Gasteiger partial charge in [0.05, 0.1) is 0 Å². The van der Waals surface area contributed by atoms with Crippen LogP contribution in [0.4, 0.5) is 13.2 Å². The third kappa shape index (κ3) is 48.7. The van der Waals surface area contributed by atoms with Crippen molar-refractivity contribution in [3.63, 3.8) is 0 Å². The van der Waals surface area contributed by atoms with Crippen LogP contribution in [-0.2, 0) is 4.74 Å². The van der Waals surface area contributed by atoms with Gasteiger partial charge in [-0.25, -0.2) is 0 Å². The largest absolute Gasteiger partial charge is 0.448 e. The average Bonchev–Trinajstić information content (AvgIpc) is 1.85. The Morgan fingerprint density at radius 3 is 1.50 bits per heavy atom. The molecule has 0 aliphatic heterocycles. The van der Waals surface area contributed by atoms with Crippen LogP contribution >= 0.6 is 15.9 Å². The highest BCUT2D eigenvalue weighted by atomic mass is 79.9. The number of hydrogen-bond acceptors (Lipinski definition) is 1. The highest BCUT2D eigenvalue weighted by molar-refractivity contribution is 9.09. The third-order valence-corrected chi connectivity index (χ3v) is 0.697. The maximum Gasteiger partial charge on any atom is 0.448 e. The first-order valence-electron chi connectivity index (χ1n) is 3.75. The average molecular weight is 251 g/mol. The standard InChI is InChI=1S/C6H14O.CBrF3/c1-3-5-7-6-4-2;2-1(3,4)5/h3-6H2,1-2H3;. The molecule has 0 fully saturated rings. The summed E-state index contributed by atoms with van der Waals surface area (Å²) >= 11 is 1.38. The van der Waals surface area contributed by atoms with Crippen molar-refractivity contribution in [2.75, 3.05) is 13.2 Å². The van der Waals surface area contributed by atoms with Gasteiger partial charge in [-0.15, -0.1) is 0 Å². The normalized spacial score (nSPS) is 10.5. The molecular weight excluding hydrogens is 237 g/mol. The molecule has 0 bridgehead atoms. The van der Waals surface area contributed by atoms with Crippen molar-refractivity contribution < 1.29 is 17.9 Å². The lowest BCUT2D eigenvalue weighted by Crippen LogP contribution is -1.92. The lowest BCUT2D eigenvalue weighted by molar-refractivity contribution is -0.0245. The zero-order valence-corrected chi connectivity index (χ0v) is 8.83. The minimum absolute atomic E-state index is 0.924. The maximum atomic E-state index is 10.3. The van der Waals surface area contributed by atoms with Crippen LogP contribution in [0.1, 0.15) is 26.7 Å². The number of alkyl halides is 4. The molecule has 0 aliphatic carbocycles. The highest BCUT2D eigenvalue weighted by Crippen LogP contribution is 2.21. The monoisotopic (exact) mass is 250 g/mol. The number of halogens is 4. The Kier molecular flexibility index (Phi) is 11.4. The van der Waals surface area contributed by atoms with Crippen LogP contribution in [0, 0.1) is 0 Å². The van der Waals surface area contributed by atoms with Crippen LogP contribution in [0.3, 0.4) is 0 Å². The summed E-state index contributed by atoms with van der Waals surface area (Å²) in [5, 5.41) is -4.19. The van der Waals surface area contributed by atoms with E-state index >= 15 is 0 Å². The highest BCUT2D eigenvalue weighted by Gasteiger charge is 2.19. The number of rotatable bonds is 4. The SMILES string of the molecule is CCCOCCC.FC(F)(F)Br. The molecule has 0 heterocycles. The van der Waals surface area contributed by atoms with Crippen LogP contribution in [0.15, 0.2) is 0 Å². The van der Waals surface area contributed by atoms with E-state index in [1.165, 1.54) is 15.9 Å². The first-order chi connectivity index (χ1) is 5.41. The lowest BCUT2D eigenvalue weighted by atomic mass is 10.5. The minimum atomic E-state index is -4.19.